The molecule has 3 nitrogen and oxygen atoms in total. The Morgan fingerprint density at radius 1 is 1.19 bits per heavy atom. The monoisotopic (exact) mass is 348 g/mol. The summed E-state index contributed by atoms with van der Waals surface area (Å²) >= 11 is 3.56. The van der Waals surface area contributed by atoms with E-state index < -0.39 is 0 Å². The number of rotatable bonds is 6. The summed E-state index contributed by atoms with van der Waals surface area (Å²) < 4.78 is 7.04. The highest BCUT2D eigenvalue weighted by Crippen LogP contribution is 2.32. The summed E-state index contributed by atoms with van der Waals surface area (Å²) in [6.45, 7) is 7.94. The van der Waals surface area contributed by atoms with Gasteiger partial charge in [-0.2, -0.15) is 0 Å². The van der Waals surface area contributed by atoms with Crippen LogP contribution in [-0.2, 0) is 6.54 Å². The van der Waals surface area contributed by atoms with Crippen molar-refractivity contribution in [2.24, 2.45) is 0 Å². The molecule has 0 aliphatic heterocycles. The predicted molar refractivity (Wildman–Crippen MR) is 89.9 cm³/mol. The minimum absolute atomic E-state index is 0.764. The van der Waals surface area contributed by atoms with Gasteiger partial charge in [0.1, 0.15) is 11.5 Å². The molecule has 2 aromatic rings. The van der Waals surface area contributed by atoms with Gasteiger partial charge in [0.2, 0.25) is 0 Å². The Balaban J connectivity index is 2.22. The molecule has 1 N–H and O–H groups in total. The maximum Gasteiger partial charge on any atom is 0.141 e. The number of nitrogens with zero attached hydrogens (tertiary/aromatic N) is 1. The fourth-order valence-electron chi connectivity index (χ4n) is 2.00. The van der Waals surface area contributed by atoms with Crippen molar-refractivity contribution in [1.82, 2.24) is 10.3 Å². The zero-order valence-corrected chi connectivity index (χ0v) is 14.3. The van der Waals surface area contributed by atoms with Crippen molar-refractivity contribution in [2.45, 2.75) is 33.7 Å². The number of hydrogen-bond acceptors (Lipinski definition) is 3. The standard InChI is InChI=1S/C17H21BrN2O/c1-4-7-19-10-14-11-20-13(3)9-17(14)21-16-6-5-12(2)8-15(16)18/h5-6,8-9,11,19H,4,7,10H2,1-3H3. The first-order valence-electron chi connectivity index (χ1n) is 7.20. The number of aryl methyl sites for hydroxylation is 2. The average molecular weight is 349 g/mol. The first-order chi connectivity index (χ1) is 10.1. The van der Waals surface area contributed by atoms with Crippen LogP contribution in [0.25, 0.3) is 0 Å². The van der Waals surface area contributed by atoms with Gasteiger partial charge in [0.25, 0.3) is 0 Å². The zero-order valence-electron chi connectivity index (χ0n) is 12.7. The van der Waals surface area contributed by atoms with Crippen LogP contribution in [0.1, 0.15) is 30.2 Å². The van der Waals surface area contributed by atoms with E-state index in [9.17, 15) is 0 Å². The van der Waals surface area contributed by atoms with Crippen LogP contribution >= 0.6 is 15.9 Å². The predicted octanol–water partition coefficient (Wildman–Crippen LogP) is 4.75. The van der Waals surface area contributed by atoms with Gasteiger partial charge in [-0.05, 0) is 60.4 Å². The molecule has 112 valence electrons. The van der Waals surface area contributed by atoms with E-state index in [1.807, 2.05) is 31.3 Å². The molecule has 0 aliphatic carbocycles. The third-order valence-electron chi connectivity index (χ3n) is 3.13. The smallest absolute Gasteiger partial charge is 0.141 e. The molecule has 1 aromatic carbocycles. The Morgan fingerprint density at radius 3 is 2.71 bits per heavy atom. The van der Waals surface area contributed by atoms with Crippen molar-refractivity contribution in [1.29, 1.82) is 0 Å². The summed E-state index contributed by atoms with van der Waals surface area (Å²) in [7, 11) is 0. The topological polar surface area (TPSA) is 34.2 Å². The second kappa shape index (κ2) is 7.57. The summed E-state index contributed by atoms with van der Waals surface area (Å²) in [5, 5.41) is 3.39. The molecule has 0 saturated heterocycles. The maximum absolute atomic E-state index is 6.08. The lowest BCUT2D eigenvalue weighted by molar-refractivity contribution is 0.468. The van der Waals surface area contributed by atoms with Gasteiger partial charge in [0.15, 0.2) is 0 Å². The van der Waals surface area contributed by atoms with E-state index in [2.05, 4.69) is 46.1 Å². The van der Waals surface area contributed by atoms with Crippen LogP contribution < -0.4 is 10.1 Å². The van der Waals surface area contributed by atoms with Crippen molar-refractivity contribution < 1.29 is 4.74 Å². The maximum atomic E-state index is 6.08. The number of benzene rings is 1. The van der Waals surface area contributed by atoms with Crippen LogP contribution in [0.2, 0.25) is 0 Å². The van der Waals surface area contributed by atoms with Gasteiger partial charge in [-0.25, -0.2) is 0 Å². The van der Waals surface area contributed by atoms with Crippen LogP contribution in [0.15, 0.2) is 34.9 Å². The normalized spacial score (nSPS) is 10.7. The van der Waals surface area contributed by atoms with E-state index in [1.54, 1.807) is 0 Å². The quantitative estimate of drug-likeness (QED) is 0.764. The minimum atomic E-state index is 0.764. The summed E-state index contributed by atoms with van der Waals surface area (Å²) in [6, 6.07) is 8.06. The molecule has 0 aliphatic rings. The SMILES string of the molecule is CCCNCc1cnc(C)cc1Oc1ccc(C)cc1Br. The molecule has 0 radical (unpaired) electrons. The van der Waals surface area contributed by atoms with Crippen molar-refractivity contribution in [3.8, 4) is 11.5 Å². The van der Waals surface area contributed by atoms with Crippen LogP contribution in [0, 0.1) is 13.8 Å². The fourth-order valence-corrected chi connectivity index (χ4v) is 2.57. The Hall–Kier alpha value is -1.39. The molecule has 0 amide bonds. The average Bonchev–Trinajstić information content (AvgIpc) is 2.44. The number of halogens is 1. The molecule has 2 rings (SSSR count). The van der Waals surface area contributed by atoms with E-state index in [0.717, 1.165) is 46.7 Å². The molecule has 0 unspecified atom stereocenters. The first kappa shape index (κ1) is 16.0. The second-order valence-corrected chi connectivity index (χ2v) is 6.00. The summed E-state index contributed by atoms with van der Waals surface area (Å²) in [4.78, 5) is 4.36. The lowest BCUT2D eigenvalue weighted by Crippen LogP contribution is -2.14. The largest absolute Gasteiger partial charge is 0.456 e. The Labute approximate surface area is 134 Å². The highest BCUT2D eigenvalue weighted by molar-refractivity contribution is 9.10. The number of hydrogen-bond donors (Lipinski definition) is 1. The summed E-state index contributed by atoms with van der Waals surface area (Å²) in [5.74, 6) is 1.68. The number of nitrogens with one attached hydrogen (secondary N) is 1. The second-order valence-electron chi connectivity index (χ2n) is 5.15. The fraction of sp³-hybridized carbons (Fsp3) is 0.353. The molecule has 0 fully saturated rings. The lowest BCUT2D eigenvalue weighted by atomic mass is 10.2. The van der Waals surface area contributed by atoms with Crippen molar-refractivity contribution in [2.75, 3.05) is 6.54 Å². The molecule has 0 bridgehead atoms. The molecule has 0 saturated carbocycles. The van der Waals surface area contributed by atoms with Crippen molar-refractivity contribution >= 4 is 15.9 Å². The van der Waals surface area contributed by atoms with E-state index in [-0.39, 0.29) is 0 Å². The number of aromatic nitrogens is 1. The van der Waals surface area contributed by atoms with Crippen molar-refractivity contribution in [3.63, 3.8) is 0 Å². The molecule has 1 aromatic heterocycles. The highest BCUT2D eigenvalue weighted by atomic mass is 79.9. The van der Waals surface area contributed by atoms with Gasteiger partial charge in [-0.15, -0.1) is 0 Å². The van der Waals surface area contributed by atoms with Gasteiger partial charge in [0, 0.05) is 30.1 Å². The molecular weight excluding hydrogens is 328 g/mol. The van der Waals surface area contributed by atoms with E-state index in [1.165, 1.54) is 5.56 Å². The highest BCUT2D eigenvalue weighted by Gasteiger charge is 2.09. The minimum Gasteiger partial charge on any atom is -0.456 e. The van der Waals surface area contributed by atoms with E-state index >= 15 is 0 Å². The van der Waals surface area contributed by atoms with Crippen LogP contribution in [0.4, 0.5) is 0 Å². The molecule has 0 spiro atoms. The molecular formula is C17H21BrN2O. The zero-order chi connectivity index (χ0) is 15.2. The van der Waals surface area contributed by atoms with Crippen LogP contribution in [-0.4, -0.2) is 11.5 Å². The number of ether oxygens (including phenoxy) is 1. The lowest BCUT2D eigenvalue weighted by Gasteiger charge is -2.13. The van der Waals surface area contributed by atoms with E-state index in [0.29, 0.717) is 0 Å². The van der Waals surface area contributed by atoms with Gasteiger partial charge in [0.05, 0.1) is 4.47 Å². The Morgan fingerprint density at radius 2 is 2.00 bits per heavy atom. The third-order valence-corrected chi connectivity index (χ3v) is 3.75. The van der Waals surface area contributed by atoms with Gasteiger partial charge in [-0.1, -0.05) is 13.0 Å². The van der Waals surface area contributed by atoms with Crippen LogP contribution in [0.3, 0.4) is 0 Å². The van der Waals surface area contributed by atoms with Crippen molar-refractivity contribution in [3.05, 3.63) is 51.8 Å². The molecule has 21 heavy (non-hydrogen) atoms. The van der Waals surface area contributed by atoms with Crippen LogP contribution in [0.5, 0.6) is 11.5 Å². The molecule has 1 heterocycles. The molecule has 0 atom stereocenters. The summed E-state index contributed by atoms with van der Waals surface area (Å²) in [5.41, 5.74) is 3.22. The van der Waals surface area contributed by atoms with Gasteiger partial charge in [-0.3, -0.25) is 4.98 Å². The number of pyridine rings is 1. The first-order valence-corrected chi connectivity index (χ1v) is 7.99. The van der Waals surface area contributed by atoms with E-state index in [4.69, 9.17) is 4.74 Å². The third kappa shape index (κ3) is 4.55. The van der Waals surface area contributed by atoms with Gasteiger partial charge < -0.3 is 10.1 Å². The van der Waals surface area contributed by atoms with Gasteiger partial charge >= 0.3 is 0 Å². The summed E-state index contributed by atoms with van der Waals surface area (Å²) in [6.07, 6.45) is 2.99. The molecule has 4 heteroatoms. The Kier molecular flexibility index (Phi) is 5.76. The Bertz CT molecular complexity index is 614.